The summed E-state index contributed by atoms with van der Waals surface area (Å²) in [5, 5.41) is 12.1. The maximum absolute atomic E-state index is 12.1. The van der Waals surface area contributed by atoms with E-state index in [1.807, 2.05) is 12.1 Å². The monoisotopic (exact) mass is 373 g/mol. The molecule has 2 heterocycles. The summed E-state index contributed by atoms with van der Waals surface area (Å²) in [4.78, 5) is 28.8. The summed E-state index contributed by atoms with van der Waals surface area (Å²) >= 11 is 6.23. The predicted octanol–water partition coefficient (Wildman–Crippen LogP) is 1.97. The zero-order valence-electron chi connectivity index (χ0n) is 13.7. The number of carbonyl (C=O) groups is 2. The molecule has 2 N–H and O–H groups in total. The third-order valence-electron chi connectivity index (χ3n) is 3.66. The number of rotatable bonds is 7. The van der Waals surface area contributed by atoms with E-state index in [-0.39, 0.29) is 18.8 Å². The molecule has 134 valence electrons. The SMILES string of the molecule is O=C1C=C(Nc2ccc(OCc3cccnc3)c(Cl)c2)C(=O)N1CCO. The minimum absolute atomic E-state index is 0.0405. The predicted molar refractivity (Wildman–Crippen MR) is 95.5 cm³/mol. The topological polar surface area (TPSA) is 91.8 Å². The van der Waals surface area contributed by atoms with Gasteiger partial charge in [-0.2, -0.15) is 0 Å². The average Bonchev–Trinajstić information content (AvgIpc) is 2.90. The summed E-state index contributed by atoms with van der Waals surface area (Å²) in [6.45, 7) is 0.00319. The summed E-state index contributed by atoms with van der Waals surface area (Å²) in [7, 11) is 0. The first-order valence-corrected chi connectivity index (χ1v) is 8.23. The largest absolute Gasteiger partial charge is 0.487 e. The number of β-amino-alcohol motifs (C(OH)–C–C–N with tert-alkyl or cyclic N) is 1. The number of pyridine rings is 1. The number of anilines is 1. The smallest absolute Gasteiger partial charge is 0.277 e. The van der Waals surface area contributed by atoms with Gasteiger partial charge in [-0.15, -0.1) is 0 Å². The fraction of sp³-hybridized carbons (Fsp3) is 0.167. The quantitative estimate of drug-likeness (QED) is 0.721. The van der Waals surface area contributed by atoms with E-state index >= 15 is 0 Å². The molecule has 7 nitrogen and oxygen atoms in total. The number of aliphatic hydroxyl groups is 1. The number of hydrogen-bond donors (Lipinski definition) is 2. The Bertz CT molecular complexity index is 855. The van der Waals surface area contributed by atoms with E-state index < -0.39 is 11.8 Å². The molecule has 8 heteroatoms. The molecule has 0 spiro atoms. The molecule has 0 fully saturated rings. The highest BCUT2D eigenvalue weighted by Crippen LogP contribution is 2.29. The number of halogens is 1. The fourth-order valence-electron chi connectivity index (χ4n) is 2.41. The maximum Gasteiger partial charge on any atom is 0.277 e. The number of aromatic nitrogens is 1. The molecule has 2 amide bonds. The van der Waals surface area contributed by atoms with Gasteiger partial charge >= 0.3 is 0 Å². The standard InChI is InChI=1S/C18H16ClN3O4/c19-14-8-13(21-15-9-17(24)22(6-7-23)18(15)25)3-4-16(14)26-11-12-2-1-5-20-10-12/h1-5,8-10,21,23H,6-7,11H2. The van der Waals surface area contributed by atoms with Gasteiger partial charge in [-0.3, -0.25) is 19.5 Å². The third-order valence-corrected chi connectivity index (χ3v) is 3.96. The molecular weight excluding hydrogens is 358 g/mol. The van der Waals surface area contributed by atoms with Crippen LogP contribution >= 0.6 is 11.6 Å². The Balaban J connectivity index is 1.65. The molecule has 0 radical (unpaired) electrons. The minimum Gasteiger partial charge on any atom is -0.487 e. The minimum atomic E-state index is -0.489. The summed E-state index contributed by atoms with van der Waals surface area (Å²) in [5.74, 6) is -0.461. The lowest BCUT2D eigenvalue weighted by Gasteiger charge is -2.14. The fourth-order valence-corrected chi connectivity index (χ4v) is 2.64. The number of aliphatic hydroxyl groups excluding tert-OH is 1. The number of imide groups is 1. The third kappa shape index (κ3) is 4.01. The van der Waals surface area contributed by atoms with Crippen molar-refractivity contribution in [1.29, 1.82) is 0 Å². The Morgan fingerprint density at radius 1 is 1.27 bits per heavy atom. The van der Waals surface area contributed by atoms with Crippen LogP contribution in [0.1, 0.15) is 5.56 Å². The van der Waals surface area contributed by atoms with E-state index in [1.54, 1.807) is 30.6 Å². The van der Waals surface area contributed by atoms with Gasteiger partial charge in [0.25, 0.3) is 11.8 Å². The zero-order valence-corrected chi connectivity index (χ0v) is 14.4. The van der Waals surface area contributed by atoms with Crippen molar-refractivity contribution in [2.24, 2.45) is 0 Å². The number of nitrogens with zero attached hydrogens (tertiary/aromatic N) is 2. The molecule has 2 aromatic rings. The van der Waals surface area contributed by atoms with Crippen LogP contribution in [0.2, 0.25) is 5.02 Å². The molecule has 26 heavy (non-hydrogen) atoms. The number of carbonyl (C=O) groups excluding carboxylic acids is 2. The van der Waals surface area contributed by atoms with E-state index in [0.717, 1.165) is 10.5 Å². The summed E-state index contributed by atoms with van der Waals surface area (Å²) in [6.07, 6.45) is 4.58. The zero-order chi connectivity index (χ0) is 18.5. The molecule has 1 aliphatic heterocycles. The van der Waals surface area contributed by atoms with Crippen LogP contribution in [0.3, 0.4) is 0 Å². The number of nitrogens with one attached hydrogen (secondary N) is 1. The molecule has 0 unspecified atom stereocenters. The number of amides is 2. The van der Waals surface area contributed by atoms with Crippen molar-refractivity contribution in [3.8, 4) is 5.75 Å². The molecule has 0 saturated heterocycles. The van der Waals surface area contributed by atoms with E-state index in [2.05, 4.69) is 10.3 Å². The van der Waals surface area contributed by atoms with Crippen molar-refractivity contribution >= 4 is 29.1 Å². The second-order valence-corrected chi connectivity index (χ2v) is 5.90. The highest BCUT2D eigenvalue weighted by Gasteiger charge is 2.30. The lowest BCUT2D eigenvalue weighted by Crippen LogP contribution is -2.34. The average molecular weight is 374 g/mol. The van der Waals surface area contributed by atoms with Gasteiger partial charge in [0.1, 0.15) is 18.1 Å². The first kappa shape index (κ1) is 17.9. The van der Waals surface area contributed by atoms with Gasteiger partial charge in [0, 0.05) is 29.7 Å². The van der Waals surface area contributed by atoms with Crippen molar-refractivity contribution in [1.82, 2.24) is 9.88 Å². The maximum atomic E-state index is 12.1. The van der Waals surface area contributed by atoms with Crippen molar-refractivity contribution in [3.05, 3.63) is 65.1 Å². The second-order valence-electron chi connectivity index (χ2n) is 5.50. The van der Waals surface area contributed by atoms with E-state index in [4.69, 9.17) is 21.4 Å². The van der Waals surface area contributed by atoms with Gasteiger partial charge in [0.2, 0.25) is 0 Å². The Hall–Kier alpha value is -2.90. The number of ether oxygens (including phenoxy) is 1. The molecule has 1 aromatic heterocycles. The lowest BCUT2D eigenvalue weighted by atomic mass is 10.2. The Morgan fingerprint density at radius 2 is 2.12 bits per heavy atom. The van der Waals surface area contributed by atoms with E-state index in [0.29, 0.717) is 23.1 Å². The van der Waals surface area contributed by atoms with Crippen LogP contribution in [-0.2, 0) is 16.2 Å². The molecule has 0 atom stereocenters. The Kier molecular flexibility index (Phi) is 5.50. The molecule has 3 rings (SSSR count). The van der Waals surface area contributed by atoms with Crippen LogP contribution in [0.4, 0.5) is 5.69 Å². The van der Waals surface area contributed by atoms with E-state index in [9.17, 15) is 9.59 Å². The van der Waals surface area contributed by atoms with E-state index in [1.165, 1.54) is 6.08 Å². The number of benzene rings is 1. The molecule has 0 bridgehead atoms. The van der Waals surface area contributed by atoms with Crippen LogP contribution in [0.5, 0.6) is 5.75 Å². The Labute approximate surface area is 154 Å². The molecule has 1 aliphatic rings. The highest BCUT2D eigenvalue weighted by molar-refractivity contribution is 6.32. The van der Waals surface area contributed by atoms with Crippen molar-refractivity contribution in [2.45, 2.75) is 6.61 Å². The van der Waals surface area contributed by atoms with Crippen molar-refractivity contribution in [3.63, 3.8) is 0 Å². The van der Waals surface area contributed by atoms with Gasteiger partial charge in [0.05, 0.1) is 18.2 Å². The molecular formula is C18H16ClN3O4. The summed E-state index contributed by atoms with van der Waals surface area (Å²) < 4.78 is 5.66. The normalized spacial score (nSPS) is 13.8. The second kappa shape index (κ2) is 7.99. The molecule has 0 aliphatic carbocycles. The van der Waals surface area contributed by atoms with Crippen molar-refractivity contribution < 1.29 is 19.4 Å². The lowest BCUT2D eigenvalue weighted by molar-refractivity contribution is -0.137. The van der Waals surface area contributed by atoms with Crippen LogP contribution < -0.4 is 10.1 Å². The number of hydrogen-bond acceptors (Lipinski definition) is 6. The molecule has 1 aromatic carbocycles. The Morgan fingerprint density at radius 3 is 2.81 bits per heavy atom. The van der Waals surface area contributed by atoms with Gasteiger partial charge < -0.3 is 15.2 Å². The van der Waals surface area contributed by atoms with Crippen LogP contribution in [0.25, 0.3) is 0 Å². The van der Waals surface area contributed by atoms with Crippen LogP contribution in [0, 0.1) is 0 Å². The van der Waals surface area contributed by atoms with Gasteiger partial charge in [0.15, 0.2) is 0 Å². The van der Waals surface area contributed by atoms with Crippen LogP contribution in [-0.4, -0.2) is 40.0 Å². The van der Waals surface area contributed by atoms with Gasteiger partial charge in [-0.25, -0.2) is 0 Å². The summed E-state index contributed by atoms with van der Waals surface area (Å²) in [5.41, 5.74) is 1.58. The summed E-state index contributed by atoms with van der Waals surface area (Å²) in [6, 6.07) is 8.69. The van der Waals surface area contributed by atoms with Gasteiger partial charge in [-0.1, -0.05) is 17.7 Å². The first-order chi connectivity index (χ1) is 12.6. The highest BCUT2D eigenvalue weighted by atomic mass is 35.5. The molecule has 0 saturated carbocycles. The van der Waals surface area contributed by atoms with Crippen molar-refractivity contribution in [2.75, 3.05) is 18.5 Å². The van der Waals surface area contributed by atoms with Crippen LogP contribution in [0.15, 0.2) is 54.5 Å². The van der Waals surface area contributed by atoms with Gasteiger partial charge in [-0.05, 0) is 24.3 Å². The first-order valence-electron chi connectivity index (χ1n) is 7.85.